The Hall–Kier alpha value is -2.58. The topological polar surface area (TPSA) is 63.2 Å². The number of benzene rings is 2. The Morgan fingerprint density at radius 3 is 2.77 bits per heavy atom. The molecular formula is C18H16FN3O2S2. The molecule has 1 aromatic heterocycles. The lowest BCUT2D eigenvalue weighted by molar-refractivity contribution is 0.0977. The van der Waals surface area contributed by atoms with Crippen molar-refractivity contribution in [3.8, 4) is 5.75 Å². The van der Waals surface area contributed by atoms with Crippen molar-refractivity contribution in [1.29, 1.82) is 0 Å². The number of nitrogens with zero attached hydrogens (tertiary/aromatic N) is 1. The van der Waals surface area contributed by atoms with E-state index in [1.165, 1.54) is 23.5 Å². The summed E-state index contributed by atoms with van der Waals surface area (Å²) in [6.07, 6.45) is 0.917. The number of halogens is 1. The highest BCUT2D eigenvalue weighted by Gasteiger charge is 2.10. The molecule has 5 nitrogen and oxygen atoms in total. The Morgan fingerprint density at radius 2 is 2.04 bits per heavy atom. The molecule has 2 aromatic carbocycles. The van der Waals surface area contributed by atoms with Crippen LogP contribution in [0.25, 0.3) is 10.2 Å². The zero-order chi connectivity index (χ0) is 18.5. The molecule has 0 bridgehead atoms. The average Bonchev–Trinajstić information content (AvgIpc) is 3.01. The largest absolute Gasteiger partial charge is 0.494 e. The minimum absolute atomic E-state index is 0.126. The molecular weight excluding hydrogens is 373 g/mol. The Balaban J connectivity index is 1.60. The standard InChI is InChI=1S/C18H16FN3O2S2/c1-2-9-24-13-6-3-11(4-7-13)16(23)21-17(25)22-18-20-14-8-5-12(19)10-15(14)26-18/h3-8,10H,2,9H2,1H3,(H2,20,21,22,23,25). The molecule has 3 rings (SSSR count). The van der Waals surface area contributed by atoms with Crippen molar-refractivity contribution in [2.45, 2.75) is 13.3 Å². The number of fused-ring (bicyclic) bond motifs is 1. The van der Waals surface area contributed by atoms with Crippen LogP contribution in [0.5, 0.6) is 5.75 Å². The first kappa shape index (κ1) is 18.2. The number of hydrogen-bond acceptors (Lipinski definition) is 5. The smallest absolute Gasteiger partial charge is 0.257 e. The third-order valence-corrected chi connectivity index (χ3v) is 4.53. The molecule has 3 aromatic rings. The summed E-state index contributed by atoms with van der Waals surface area (Å²) in [5.74, 6) is 0.0532. The molecule has 2 N–H and O–H groups in total. The fourth-order valence-corrected chi connectivity index (χ4v) is 3.33. The van der Waals surface area contributed by atoms with Gasteiger partial charge in [0.25, 0.3) is 5.91 Å². The lowest BCUT2D eigenvalue weighted by Gasteiger charge is -2.08. The third-order valence-electron chi connectivity index (χ3n) is 3.39. The van der Waals surface area contributed by atoms with Crippen molar-refractivity contribution in [3.05, 3.63) is 53.8 Å². The van der Waals surface area contributed by atoms with Crippen LogP contribution in [0.3, 0.4) is 0 Å². The third kappa shape index (κ3) is 4.53. The average molecular weight is 389 g/mol. The number of thiazole rings is 1. The first-order chi connectivity index (χ1) is 12.5. The second-order valence-electron chi connectivity index (χ2n) is 5.41. The molecule has 1 amide bonds. The number of hydrogen-bond donors (Lipinski definition) is 2. The van der Waals surface area contributed by atoms with E-state index in [4.69, 9.17) is 17.0 Å². The molecule has 26 heavy (non-hydrogen) atoms. The molecule has 0 radical (unpaired) electrons. The zero-order valence-corrected chi connectivity index (χ0v) is 15.5. The van der Waals surface area contributed by atoms with E-state index in [2.05, 4.69) is 15.6 Å². The second-order valence-corrected chi connectivity index (χ2v) is 6.85. The van der Waals surface area contributed by atoms with Crippen LogP contribution in [0.15, 0.2) is 42.5 Å². The maximum atomic E-state index is 13.2. The van der Waals surface area contributed by atoms with Crippen LogP contribution in [0, 0.1) is 5.82 Å². The molecule has 0 spiro atoms. The first-order valence-electron chi connectivity index (χ1n) is 7.96. The molecule has 1 heterocycles. The summed E-state index contributed by atoms with van der Waals surface area (Å²) < 4.78 is 19.4. The Labute approximate surface area is 159 Å². The Kier molecular flexibility index (Phi) is 5.75. The lowest BCUT2D eigenvalue weighted by Crippen LogP contribution is -2.34. The van der Waals surface area contributed by atoms with E-state index in [1.54, 1.807) is 30.3 Å². The van der Waals surface area contributed by atoms with Gasteiger partial charge in [-0.1, -0.05) is 18.3 Å². The van der Waals surface area contributed by atoms with Gasteiger partial charge in [0, 0.05) is 5.56 Å². The summed E-state index contributed by atoms with van der Waals surface area (Å²) in [4.78, 5) is 16.5. The molecule has 8 heteroatoms. The highest BCUT2D eigenvalue weighted by atomic mass is 32.1. The predicted molar refractivity (Wildman–Crippen MR) is 105 cm³/mol. The van der Waals surface area contributed by atoms with E-state index in [0.717, 1.165) is 6.42 Å². The summed E-state index contributed by atoms with van der Waals surface area (Å²) in [6.45, 7) is 2.66. The van der Waals surface area contributed by atoms with E-state index in [-0.39, 0.29) is 16.8 Å². The van der Waals surface area contributed by atoms with Gasteiger partial charge in [-0.25, -0.2) is 9.37 Å². The fraction of sp³-hybridized carbons (Fsp3) is 0.167. The van der Waals surface area contributed by atoms with Crippen LogP contribution in [0.1, 0.15) is 23.7 Å². The number of carbonyl (C=O) groups excluding carboxylic acids is 1. The number of ether oxygens (including phenoxy) is 1. The van der Waals surface area contributed by atoms with E-state index in [1.807, 2.05) is 6.92 Å². The highest BCUT2D eigenvalue weighted by molar-refractivity contribution is 7.80. The minimum Gasteiger partial charge on any atom is -0.494 e. The molecule has 0 atom stereocenters. The van der Waals surface area contributed by atoms with Gasteiger partial charge in [0.15, 0.2) is 10.2 Å². The van der Waals surface area contributed by atoms with Crippen molar-refractivity contribution in [2.75, 3.05) is 11.9 Å². The van der Waals surface area contributed by atoms with E-state index >= 15 is 0 Å². The van der Waals surface area contributed by atoms with Crippen molar-refractivity contribution in [2.24, 2.45) is 0 Å². The summed E-state index contributed by atoms with van der Waals surface area (Å²) >= 11 is 6.41. The first-order valence-corrected chi connectivity index (χ1v) is 9.19. The van der Waals surface area contributed by atoms with Crippen LogP contribution in [-0.2, 0) is 0 Å². The maximum absolute atomic E-state index is 13.2. The van der Waals surface area contributed by atoms with Crippen LogP contribution in [0.2, 0.25) is 0 Å². The van der Waals surface area contributed by atoms with Gasteiger partial charge < -0.3 is 10.1 Å². The fourth-order valence-electron chi connectivity index (χ4n) is 2.18. The monoisotopic (exact) mass is 389 g/mol. The van der Waals surface area contributed by atoms with Crippen LogP contribution in [0.4, 0.5) is 9.52 Å². The molecule has 0 unspecified atom stereocenters. The van der Waals surface area contributed by atoms with Gasteiger partial charge in [0.2, 0.25) is 0 Å². The van der Waals surface area contributed by atoms with Crippen LogP contribution in [-0.4, -0.2) is 22.6 Å². The lowest BCUT2D eigenvalue weighted by atomic mass is 10.2. The van der Waals surface area contributed by atoms with Gasteiger partial charge in [-0.2, -0.15) is 0 Å². The number of rotatable bonds is 5. The number of amides is 1. The van der Waals surface area contributed by atoms with Crippen molar-refractivity contribution < 1.29 is 13.9 Å². The van der Waals surface area contributed by atoms with Crippen molar-refractivity contribution in [1.82, 2.24) is 10.3 Å². The number of nitrogens with one attached hydrogen (secondary N) is 2. The van der Waals surface area contributed by atoms with Crippen LogP contribution < -0.4 is 15.4 Å². The highest BCUT2D eigenvalue weighted by Crippen LogP contribution is 2.26. The van der Waals surface area contributed by atoms with Gasteiger partial charge >= 0.3 is 0 Å². The molecule has 0 saturated carbocycles. The SMILES string of the molecule is CCCOc1ccc(C(=O)NC(=S)Nc2nc3ccc(F)cc3s2)cc1. The van der Waals surface area contributed by atoms with E-state index in [0.29, 0.717) is 33.3 Å². The summed E-state index contributed by atoms with van der Waals surface area (Å²) in [7, 11) is 0. The zero-order valence-electron chi connectivity index (χ0n) is 13.9. The van der Waals surface area contributed by atoms with Gasteiger partial charge in [-0.15, -0.1) is 0 Å². The summed E-state index contributed by atoms with van der Waals surface area (Å²) in [5, 5.41) is 6.06. The second kappa shape index (κ2) is 8.20. The van der Waals surface area contributed by atoms with Gasteiger partial charge in [0.1, 0.15) is 11.6 Å². The summed E-state index contributed by atoms with van der Waals surface area (Å²) in [6, 6.07) is 11.2. The Bertz CT molecular complexity index is 941. The van der Waals surface area contributed by atoms with Crippen molar-refractivity contribution in [3.63, 3.8) is 0 Å². The molecule has 0 fully saturated rings. The molecule has 0 aliphatic rings. The summed E-state index contributed by atoms with van der Waals surface area (Å²) in [5.41, 5.74) is 1.13. The molecule has 134 valence electrons. The predicted octanol–water partition coefficient (Wildman–Crippen LogP) is 4.35. The van der Waals surface area contributed by atoms with Gasteiger partial charge in [0.05, 0.1) is 16.8 Å². The number of aromatic nitrogens is 1. The molecule has 0 saturated heterocycles. The number of anilines is 1. The van der Waals surface area contributed by atoms with E-state index < -0.39 is 0 Å². The van der Waals surface area contributed by atoms with E-state index in [9.17, 15) is 9.18 Å². The minimum atomic E-state index is -0.336. The Morgan fingerprint density at radius 1 is 1.27 bits per heavy atom. The van der Waals surface area contributed by atoms with Gasteiger partial charge in [-0.05, 0) is 61.1 Å². The maximum Gasteiger partial charge on any atom is 0.257 e. The number of carbonyl (C=O) groups is 1. The quantitative estimate of drug-likeness (QED) is 0.635. The van der Waals surface area contributed by atoms with Crippen molar-refractivity contribution >= 4 is 49.9 Å². The normalized spacial score (nSPS) is 10.5. The van der Waals surface area contributed by atoms with Crippen LogP contribution >= 0.6 is 23.6 Å². The van der Waals surface area contributed by atoms with Gasteiger partial charge in [-0.3, -0.25) is 10.1 Å². The molecule has 0 aliphatic carbocycles. The molecule has 0 aliphatic heterocycles. The number of thiocarbonyl (C=S) groups is 1.